The van der Waals surface area contributed by atoms with Gasteiger partial charge in [-0.25, -0.2) is 0 Å². The van der Waals surface area contributed by atoms with Crippen LogP contribution in [0, 0.1) is 5.41 Å². The number of benzene rings is 1. The molecule has 250 valence electrons. The van der Waals surface area contributed by atoms with Crippen molar-refractivity contribution in [2.75, 3.05) is 19.6 Å². The minimum Gasteiger partial charge on any atom is -0.508 e. The predicted octanol–water partition coefficient (Wildman–Crippen LogP) is -3.06. The second-order valence-corrected chi connectivity index (χ2v) is 10.6. The van der Waals surface area contributed by atoms with Gasteiger partial charge in [-0.1, -0.05) is 12.1 Å². The molecular formula is C28H45N9O8. The Morgan fingerprint density at radius 3 is 2.02 bits per heavy atom. The van der Waals surface area contributed by atoms with Gasteiger partial charge in [0.25, 0.3) is 0 Å². The molecule has 1 rings (SSSR count). The van der Waals surface area contributed by atoms with E-state index in [-0.39, 0.29) is 50.5 Å². The molecule has 5 unspecified atom stereocenters. The SMILES string of the molecule is CC(NCC(=O)C(CCC(N)=O)NCC(=O)C(CCCNC(=N)N)NC(=O)C(C)NC(=O)C(N)Cc1ccc(O)cc1)C(=O)O. The average Bonchev–Trinajstić information content (AvgIpc) is 2.97. The van der Waals surface area contributed by atoms with Crippen LogP contribution in [0.2, 0.25) is 0 Å². The Morgan fingerprint density at radius 2 is 1.44 bits per heavy atom. The molecule has 0 aliphatic heterocycles. The van der Waals surface area contributed by atoms with Crippen molar-refractivity contribution >= 4 is 41.2 Å². The van der Waals surface area contributed by atoms with Crippen molar-refractivity contribution in [3.05, 3.63) is 29.8 Å². The molecule has 0 saturated carbocycles. The number of ketones is 2. The van der Waals surface area contributed by atoms with Crippen LogP contribution in [0.3, 0.4) is 0 Å². The summed E-state index contributed by atoms with van der Waals surface area (Å²) in [5, 5.41) is 38.8. The Balaban J connectivity index is 2.88. The van der Waals surface area contributed by atoms with E-state index in [1.165, 1.54) is 26.0 Å². The Labute approximate surface area is 260 Å². The number of aromatic hydroxyl groups is 1. The molecule has 45 heavy (non-hydrogen) atoms. The molecule has 0 bridgehead atoms. The highest BCUT2D eigenvalue weighted by Crippen LogP contribution is 2.11. The first-order valence-corrected chi connectivity index (χ1v) is 14.4. The summed E-state index contributed by atoms with van der Waals surface area (Å²) in [7, 11) is 0. The van der Waals surface area contributed by atoms with Crippen LogP contribution in [0.4, 0.5) is 0 Å². The number of hydrogen-bond acceptors (Lipinski definition) is 11. The molecule has 0 spiro atoms. The number of primary amides is 1. The number of carboxylic acids is 1. The van der Waals surface area contributed by atoms with E-state index < -0.39 is 72.0 Å². The van der Waals surface area contributed by atoms with Crippen LogP contribution in [0.1, 0.15) is 45.1 Å². The number of guanidine groups is 1. The molecule has 17 nitrogen and oxygen atoms in total. The number of carboxylic acid groups (broad SMARTS) is 1. The Bertz CT molecular complexity index is 1190. The summed E-state index contributed by atoms with van der Waals surface area (Å²) in [4.78, 5) is 74.0. The third-order valence-electron chi connectivity index (χ3n) is 6.71. The minimum absolute atomic E-state index is 0.0440. The fourth-order valence-corrected chi connectivity index (χ4v) is 3.98. The van der Waals surface area contributed by atoms with Gasteiger partial charge < -0.3 is 48.7 Å². The molecular weight excluding hydrogens is 590 g/mol. The van der Waals surface area contributed by atoms with E-state index in [1.54, 1.807) is 12.1 Å². The second kappa shape index (κ2) is 19.6. The number of rotatable bonds is 22. The number of phenolic OH excluding ortho intramolecular Hbond substituents is 1. The summed E-state index contributed by atoms with van der Waals surface area (Å²) >= 11 is 0. The van der Waals surface area contributed by atoms with Gasteiger partial charge in [-0.15, -0.1) is 0 Å². The molecule has 3 amide bonds. The van der Waals surface area contributed by atoms with Gasteiger partial charge in [-0.3, -0.25) is 39.5 Å². The predicted molar refractivity (Wildman–Crippen MR) is 164 cm³/mol. The third-order valence-corrected chi connectivity index (χ3v) is 6.71. The largest absolute Gasteiger partial charge is 0.508 e. The van der Waals surface area contributed by atoms with Crippen LogP contribution in [-0.4, -0.2) is 101 Å². The summed E-state index contributed by atoms with van der Waals surface area (Å²) in [6.45, 7) is 2.26. The number of nitrogens with one attached hydrogen (secondary N) is 6. The van der Waals surface area contributed by atoms with E-state index in [9.17, 15) is 33.9 Å². The van der Waals surface area contributed by atoms with E-state index in [2.05, 4.69) is 26.6 Å². The highest BCUT2D eigenvalue weighted by atomic mass is 16.4. The average molecular weight is 636 g/mol. The van der Waals surface area contributed by atoms with Crippen LogP contribution in [-0.2, 0) is 35.2 Å². The number of aliphatic carboxylic acids is 1. The number of hydrogen-bond donors (Lipinski definition) is 11. The van der Waals surface area contributed by atoms with Crippen LogP contribution in [0.25, 0.3) is 0 Å². The summed E-state index contributed by atoms with van der Waals surface area (Å²) in [5.41, 5.74) is 17.2. The highest BCUT2D eigenvalue weighted by molar-refractivity contribution is 5.94. The molecule has 0 aliphatic carbocycles. The summed E-state index contributed by atoms with van der Waals surface area (Å²) in [6, 6.07) is 0.981. The fourth-order valence-electron chi connectivity index (χ4n) is 3.98. The van der Waals surface area contributed by atoms with Gasteiger partial charge in [0.1, 0.15) is 17.8 Å². The van der Waals surface area contributed by atoms with Gasteiger partial charge in [-0.05, 0) is 57.2 Å². The Morgan fingerprint density at radius 1 is 0.844 bits per heavy atom. The molecule has 0 aliphatic rings. The van der Waals surface area contributed by atoms with E-state index in [0.29, 0.717) is 12.0 Å². The lowest BCUT2D eigenvalue weighted by Crippen LogP contribution is -2.55. The van der Waals surface area contributed by atoms with E-state index >= 15 is 0 Å². The summed E-state index contributed by atoms with van der Waals surface area (Å²) in [6.07, 6.45) is 0.365. The zero-order valence-corrected chi connectivity index (χ0v) is 25.4. The number of carbonyl (C=O) groups is 6. The van der Waals surface area contributed by atoms with E-state index in [0.717, 1.165) is 0 Å². The first-order valence-electron chi connectivity index (χ1n) is 14.4. The maximum Gasteiger partial charge on any atom is 0.320 e. The summed E-state index contributed by atoms with van der Waals surface area (Å²) < 4.78 is 0. The first-order chi connectivity index (χ1) is 21.1. The summed E-state index contributed by atoms with van der Waals surface area (Å²) in [5.74, 6) is -4.34. The first kappa shape index (κ1) is 38.4. The number of amides is 3. The highest BCUT2D eigenvalue weighted by Gasteiger charge is 2.27. The standard InChI is InChI=1S/C28H45N9O8/c1-15(36-26(43)19(29)12-17-5-7-18(38)8-6-17)25(42)37-21(4-3-11-33-28(31)32)23(40)14-35-20(9-10-24(30)41)22(39)13-34-16(2)27(44)45/h5-8,15-16,19-21,34-35,38H,3-4,9-14,29H2,1-2H3,(H2,30,41)(H,36,43)(H,37,42)(H,44,45)(H4,31,32,33). The molecule has 5 atom stereocenters. The normalized spacial score (nSPS) is 14.2. The van der Waals surface area contributed by atoms with Crippen LogP contribution in [0.15, 0.2) is 24.3 Å². The molecule has 0 heterocycles. The van der Waals surface area contributed by atoms with Crippen LogP contribution in [0.5, 0.6) is 5.75 Å². The van der Waals surface area contributed by atoms with Gasteiger partial charge in [0.2, 0.25) is 17.7 Å². The fraction of sp³-hybridized carbons (Fsp3) is 0.536. The zero-order valence-electron chi connectivity index (χ0n) is 25.4. The monoisotopic (exact) mass is 635 g/mol. The van der Waals surface area contributed by atoms with E-state index in [1.807, 2.05) is 0 Å². The Hall–Kier alpha value is -4.61. The number of phenols is 1. The number of nitrogens with two attached hydrogens (primary N) is 3. The Kier molecular flexibility index (Phi) is 16.8. The van der Waals surface area contributed by atoms with Crippen molar-refractivity contribution in [2.24, 2.45) is 17.2 Å². The molecule has 0 aromatic heterocycles. The van der Waals surface area contributed by atoms with Crippen LogP contribution < -0.4 is 43.8 Å². The second-order valence-electron chi connectivity index (χ2n) is 10.6. The molecule has 17 heteroatoms. The van der Waals surface area contributed by atoms with Crippen LogP contribution >= 0.6 is 0 Å². The zero-order chi connectivity index (χ0) is 34.1. The topological polar surface area (TPSA) is 305 Å². The molecule has 0 fully saturated rings. The third kappa shape index (κ3) is 15.6. The van der Waals surface area contributed by atoms with Crippen molar-refractivity contribution in [1.82, 2.24) is 26.6 Å². The van der Waals surface area contributed by atoms with Gasteiger partial charge in [0.05, 0.1) is 31.2 Å². The van der Waals surface area contributed by atoms with Crippen molar-refractivity contribution in [2.45, 2.75) is 76.2 Å². The maximum absolute atomic E-state index is 13.2. The van der Waals surface area contributed by atoms with Gasteiger partial charge in [-0.2, -0.15) is 0 Å². The number of carbonyl (C=O) groups excluding carboxylic acids is 5. The van der Waals surface area contributed by atoms with Gasteiger partial charge >= 0.3 is 5.97 Å². The molecule has 1 aromatic carbocycles. The lowest BCUT2D eigenvalue weighted by atomic mass is 10.0. The van der Waals surface area contributed by atoms with Crippen molar-refractivity contribution in [1.29, 1.82) is 5.41 Å². The molecule has 0 radical (unpaired) electrons. The van der Waals surface area contributed by atoms with Gasteiger partial charge in [0, 0.05) is 13.0 Å². The maximum atomic E-state index is 13.2. The number of Topliss-reactive ketones (excluding diaryl/α,β-unsaturated/α-hetero) is 2. The molecule has 0 saturated heterocycles. The van der Waals surface area contributed by atoms with Gasteiger partial charge in [0.15, 0.2) is 17.5 Å². The lowest BCUT2D eigenvalue weighted by Gasteiger charge is -2.23. The van der Waals surface area contributed by atoms with Crippen molar-refractivity contribution < 1.29 is 39.0 Å². The lowest BCUT2D eigenvalue weighted by molar-refractivity contribution is -0.139. The van der Waals surface area contributed by atoms with Crippen molar-refractivity contribution in [3.8, 4) is 5.75 Å². The van der Waals surface area contributed by atoms with E-state index in [4.69, 9.17) is 27.7 Å². The molecule has 1 aromatic rings. The smallest absolute Gasteiger partial charge is 0.320 e. The minimum atomic E-state index is -1.16. The molecule has 14 N–H and O–H groups in total. The quantitative estimate of drug-likeness (QED) is 0.0343. The van der Waals surface area contributed by atoms with Crippen molar-refractivity contribution in [3.63, 3.8) is 0 Å².